The van der Waals surface area contributed by atoms with Gasteiger partial charge in [-0.3, -0.25) is 0 Å². The summed E-state index contributed by atoms with van der Waals surface area (Å²) < 4.78 is 10.8. The number of ether oxygens (including phenoxy) is 2. The normalized spacial score (nSPS) is 12.4. The SMILES string of the molecule is Cc1cc(Cl)ccc1OC(=O)[C@H](C/C=C/c1ccccc1)NC(=O)OC(C)(C)C. The first kappa shape index (κ1) is 22.5. The van der Waals surface area contributed by atoms with E-state index in [1.807, 2.05) is 42.5 Å². The number of nitrogens with one attached hydrogen (secondary N) is 1. The van der Waals surface area contributed by atoms with Crippen molar-refractivity contribution in [3.8, 4) is 5.75 Å². The third kappa shape index (κ3) is 8.00. The number of benzene rings is 2. The quantitative estimate of drug-likeness (QED) is 0.496. The minimum absolute atomic E-state index is 0.250. The lowest BCUT2D eigenvalue weighted by atomic mass is 10.1. The smallest absolute Gasteiger partial charge is 0.408 e. The van der Waals surface area contributed by atoms with Crippen molar-refractivity contribution in [1.29, 1.82) is 0 Å². The molecule has 154 valence electrons. The van der Waals surface area contributed by atoms with Crippen molar-refractivity contribution in [2.75, 3.05) is 0 Å². The molecule has 6 heteroatoms. The van der Waals surface area contributed by atoms with Gasteiger partial charge in [-0.1, -0.05) is 54.1 Å². The highest BCUT2D eigenvalue weighted by molar-refractivity contribution is 6.30. The molecule has 0 radical (unpaired) electrons. The number of carbonyl (C=O) groups is 2. The Balaban J connectivity index is 2.12. The number of alkyl carbamates (subject to hydrolysis) is 1. The van der Waals surface area contributed by atoms with Crippen molar-refractivity contribution in [3.05, 3.63) is 70.8 Å². The Kier molecular flexibility index (Phi) is 7.85. The van der Waals surface area contributed by atoms with Crippen molar-refractivity contribution < 1.29 is 19.1 Å². The second-order valence-corrected chi connectivity index (χ2v) is 8.01. The predicted molar refractivity (Wildman–Crippen MR) is 115 cm³/mol. The van der Waals surface area contributed by atoms with Gasteiger partial charge in [-0.2, -0.15) is 0 Å². The first-order valence-corrected chi connectivity index (χ1v) is 9.71. The van der Waals surface area contributed by atoms with Gasteiger partial charge in [0.25, 0.3) is 0 Å². The minimum atomic E-state index is -0.903. The van der Waals surface area contributed by atoms with Crippen LogP contribution < -0.4 is 10.1 Å². The number of rotatable bonds is 6. The molecule has 0 aliphatic heterocycles. The van der Waals surface area contributed by atoms with E-state index in [0.29, 0.717) is 10.8 Å². The van der Waals surface area contributed by atoms with E-state index in [4.69, 9.17) is 21.1 Å². The van der Waals surface area contributed by atoms with Gasteiger partial charge >= 0.3 is 12.1 Å². The van der Waals surface area contributed by atoms with E-state index in [0.717, 1.165) is 11.1 Å². The Morgan fingerprint density at radius 1 is 1.14 bits per heavy atom. The zero-order chi connectivity index (χ0) is 21.4. The maximum Gasteiger partial charge on any atom is 0.408 e. The van der Waals surface area contributed by atoms with Crippen molar-refractivity contribution in [1.82, 2.24) is 5.32 Å². The Hall–Kier alpha value is -2.79. The van der Waals surface area contributed by atoms with Gasteiger partial charge in [-0.25, -0.2) is 9.59 Å². The molecule has 0 bridgehead atoms. The number of hydrogen-bond donors (Lipinski definition) is 1. The molecule has 0 saturated carbocycles. The first-order valence-electron chi connectivity index (χ1n) is 9.33. The van der Waals surface area contributed by atoms with E-state index in [2.05, 4.69) is 5.32 Å². The number of halogens is 1. The molecule has 1 amide bonds. The van der Waals surface area contributed by atoms with Crippen molar-refractivity contribution >= 4 is 29.7 Å². The summed E-state index contributed by atoms with van der Waals surface area (Å²) in [5.41, 5.74) is 1.04. The molecule has 0 spiro atoms. The molecule has 2 aromatic carbocycles. The molecule has 0 saturated heterocycles. The van der Waals surface area contributed by atoms with Crippen LogP contribution in [0, 0.1) is 6.92 Å². The lowest BCUT2D eigenvalue weighted by Gasteiger charge is -2.22. The second kappa shape index (κ2) is 10.1. The number of amides is 1. The summed E-state index contributed by atoms with van der Waals surface area (Å²) in [5, 5.41) is 3.15. The largest absolute Gasteiger partial charge is 0.444 e. The van der Waals surface area contributed by atoms with E-state index >= 15 is 0 Å². The molecular formula is C23H26ClNO4. The van der Waals surface area contributed by atoms with Crippen LogP contribution >= 0.6 is 11.6 Å². The van der Waals surface area contributed by atoms with Crippen LogP contribution in [0.5, 0.6) is 5.75 Å². The molecule has 2 aromatic rings. The van der Waals surface area contributed by atoms with Crippen LogP contribution in [0.15, 0.2) is 54.6 Å². The zero-order valence-electron chi connectivity index (χ0n) is 17.1. The van der Waals surface area contributed by atoms with E-state index in [9.17, 15) is 9.59 Å². The monoisotopic (exact) mass is 415 g/mol. The van der Waals surface area contributed by atoms with E-state index in [1.54, 1.807) is 45.9 Å². The van der Waals surface area contributed by atoms with Crippen molar-refractivity contribution in [2.24, 2.45) is 0 Å². The van der Waals surface area contributed by atoms with E-state index in [1.165, 1.54) is 0 Å². The molecule has 5 nitrogen and oxygen atoms in total. The maximum absolute atomic E-state index is 12.7. The fraction of sp³-hybridized carbons (Fsp3) is 0.304. The summed E-state index contributed by atoms with van der Waals surface area (Å²) in [4.78, 5) is 24.9. The summed E-state index contributed by atoms with van der Waals surface area (Å²) in [6, 6.07) is 13.7. The van der Waals surface area contributed by atoms with Gasteiger partial charge in [0.2, 0.25) is 0 Å². The van der Waals surface area contributed by atoms with Crippen LogP contribution in [0.3, 0.4) is 0 Å². The highest BCUT2D eigenvalue weighted by Crippen LogP contribution is 2.22. The van der Waals surface area contributed by atoms with Crippen LogP contribution in [-0.4, -0.2) is 23.7 Å². The summed E-state index contributed by atoms with van der Waals surface area (Å²) in [7, 11) is 0. The summed E-state index contributed by atoms with van der Waals surface area (Å²) in [6.45, 7) is 7.06. The molecule has 29 heavy (non-hydrogen) atoms. The lowest BCUT2D eigenvalue weighted by molar-refractivity contribution is -0.136. The number of esters is 1. The molecular weight excluding hydrogens is 390 g/mol. The van der Waals surface area contributed by atoms with Gasteiger partial charge in [-0.05, 0) is 63.4 Å². The fourth-order valence-electron chi connectivity index (χ4n) is 2.48. The molecule has 0 heterocycles. The fourth-order valence-corrected chi connectivity index (χ4v) is 2.70. The average molecular weight is 416 g/mol. The Bertz CT molecular complexity index is 872. The molecule has 0 aromatic heterocycles. The summed E-state index contributed by atoms with van der Waals surface area (Å²) in [5.74, 6) is -0.193. The standard InChI is InChI=1S/C23H26ClNO4/c1-16-15-18(24)13-14-20(16)28-21(26)19(25-22(27)29-23(2,3)4)12-8-11-17-9-6-5-7-10-17/h5-11,13-15,19H,12H2,1-4H3,(H,25,27)/b11-8+/t19-/m0/s1. The van der Waals surface area contributed by atoms with Gasteiger partial charge in [0, 0.05) is 5.02 Å². The van der Waals surface area contributed by atoms with Crippen LogP contribution in [0.4, 0.5) is 4.79 Å². The lowest BCUT2D eigenvalue weighted by Crippen LogP contribution is -2.45. The molecule has 0 unspecified atom stereocenters. The number of aryl methyl sites for hydroxylation is 1. The highest BCUT2D eigenvalue weighted by atomic mass is 35.5. The molecule has 1 atom stereocenters. The molecule has 2 rings (SSSR count). The first-order chi connectivity index (χ1) is 13.6. The van der Waals surface area contributed by atoms with Crippen molar-refractivity contribution in [2.45, 2.75) is 45.8 Å². The van der Waals surface area contributed by atoms with Crippen LogP contribution in [-0.2, 0) is 9.53 Å². The average Bonchev–Trinajstić information content (AvgIpc) is 2.62. The van der Waals surface area contributed by atoms with Crippen molar-refractivity contribution in [3.63, 3.8) is 0 Å². The van der Waals surface area contributed by atoms with Crippen LogP contribution in [0.25, 0.3) is 6.08 Å². The van der Waals surface area contributed by atoms with E-state index < -0.39 is 23.7 Å². The van der Waals surface area contributed by atoms with Gasteiger partial charge in [-0.15, -0.1) is 0 Å². The van der Waals surface area contributed by atoms with E-state index in [-0.39, 0.29) is 6.42 Å². The van der Waals surface area contributed by atoms with Gasteiger partial charge in [0.15, 0.2) is 0 Å². The van der Waals surface area contributed by atoms with Crippen LogP contribution in [0.1, 0.15) is 38.3 Å². The highest BCUT2D eigenvalue weighted by Gasteiger charge is 2.25. The van der Waals surface area contributed by atoms with Gasteiger partial charge < -0.3 is 14.8 Å². The topological polar surface area (TPSA) is 64.6 Å². The Morgan fingerprint density at radius 2 is 1.83 bits per heavy atom. The zero-order valence-corrected chi connectivity index (χ0v) is 17.8. The van der Waals surface area contributed by atoms with Crippen LogP contribution in [0.2, 0.25) is 5.02 Å². The number of carbonyl (C=O) groups excluding carboxylic acids is 2. The summed E-state index contributed by atoms with van der Waals surface area (Å²) >= 11 is 5.95. The summed E-state index contributed by atoms with van der Waals surface area (Å²) in [6.07, 6.45) is 3.26. The molecule has 1 N–H and O–H groups in total. The minimum Gasteiger partial charge on any atom is -0.444 e. The molecule has 0 aliphatic carbocycles. The van der Waals surface area contributed by atoms with Gasteiger partial charge in [0.05, 0.1) is 0 Å². The third-order valence-electron chi connectivity index (χ3n) is 3.80. The Labute approximate surface area is 176 Å². The number of hydrogen-bond acceptors (Lipinski definition) is 4. The third-order valence-corrected chi connectivity index (χ3v) is 4.04. The van der Waals surface area contributed by atoms with Gasteiger partial charge in [0.1, 0.15) is 17.4 Å². The Morgan fingerprint density at radius 3 is 2.45 bits per heavy atom. The maximum atomic E-state index is 12.7. The predicted octanol–water partition coefficient (Wildman–Crippen LogP) is 5.55. The second-order valence-electron chi connectivity index (χ2n) is 7.58. The molecule has 0 aliphatic rings. The molecule has 0 fully saturated rings.